The topological polar surface area (TPSA) is 83.9 Å². The molecule has 1 fully saturated rings. The smallest absolute Gasteiger partial charge is 0.265 e. The van der Waals surface area contributed by atoms with E-state index >= 15 is 0 Å². The average Bonchev–Trinajstić information content (AvgIpc) is 3.16. The van der Waals surface area contributed by atoms with Crippen LogP contribution in [0.25, 0.3) is 0 Å². The Kier molecular flexibility index (Phi) is 4.05. The number of carbonyl (C=O) groups excluding carboxylic acids is 1. The van der Waals surface area contributed by atoms with Gasteiger partial charge in [0.25, 0.3) is 5.91 Å². The van der Waals surface area contributed by atoms with E-state index in [2.05, 4.69) is 29.8 Å². The van der Waals surface area contributed by atoms with Crippen molar-refractivity contribution in [3.05, 3.63) is 28.5 Å². The first kappa shape index (κ1) is 13.9. The van der Waals surface area contributed by atoms with E-state index in [4.69, 9.17) is 0 Å². The van der Waals surface area contributed by atoms with E-state index in [0.29, 0.717) is 17.1 Å². The summed E-state index contributed by atoms with van der Waals surface area (Å²) in [6, 6.07) is 1.82. The second-order valence-electron chi connectivity index (χ2n) is 4.91. The fraction of sp³-hybridized carbons (Fsp3) is 0.462. The monoisotopic (exact) mass is 304 g/mol. The lowest BCUT2D eigenvalue weighted by molar-refractivity contribution is 0.0953. The summed E-state index contributed by atoms with van der Waals surface area (Å²) >= 11 is 1.10. The zero-order valence-corrected chi connectivity index (χ0v) is 12.6. The Bertz CT molecular complexity index is 637. The zero-order chi connectivity index (χ0) is 14.7. The Morgan fingerprint density at radius 1 is 1.43 bits per heavy atom. The van der Waals surface area contributed by atoms with Crippen molar-refractivity contribution in [2.45, 2.75) is 26.3 Å². The normalized spacial score (nSPS) is 14.4. The van der Waals surface area contributed by atoms with Crippen LogP contribution >= 0.6 is 11.5 Å². The lowest BCUT2D eigenvalue weighted by Gasteiger charge is -2.15. The first-order valence-electron chi connectivity index (χ1n) is 6.88. The Hall–Kier alpha value is -2.09. The Morgan fingerprint density at radius 3 is 2.95 bits per heavy atom. The first-order chi connectivity index (χ1) is 10.2. The second kappa shape index (κ2) is 6.13. The van der Waals surface area contributed by atoms with Crippen LogP contribution in [-0.4, -0.2) is 38.6 Å². The SMILES string of the molecule is Cc1nnsc1C(=O)NCc1ccnc(N2CCCC2)n1. The van der Waals surface area contributed by atoms with Gasteiger partial charge in [-0.25, -0.2) is 9.97 Å². The number of hydrogen-bond acceptors (Lipinski definition) is 7. The molecule has 0 saturated carbocycles. The number of aromatic nitrogens is 4. The maximum Gasteiger partial charge on any atom is 0.265 e. The highest BCUT2D eigenvalue weighted by atomic mass is 32.1. The van der Waals surface area contributed by atoms with Crippen molar-refractivity contribution in [1.29, 1.82) is 0 Å². The number of amides is 1. The standard InChI is InChI=1S/C13H16N6OS/c1-9-11(21-18-17-9)12(20)15-8-10-4-5-14-13(16-10)19-6-2-3-7-19/h4-5H,2-3,6-8H2,1H3,(H,15,20). The number of nitrogens with zero attached hydrogens (tertiary/aromatic N) is 5. The van der Waals surface area contributed by atoms with Gasteiger partial charge in [-0.2, -0.15) is 0 Å². The maximum atomic E-state index is 12.0. The summed E-state index contributed by atoms with van der Waals surface area (Å²) in [5, 5.41) is 6.68. The van der Waals surface area contributed by atoms with Crippen molar-refractivity contribution in [1.82, 2.24) is 24.9 Å². The molecule has 1 amide bonds. The number of hydrogen-bond donors (Lipinski definition) is 1. The molecule has 7 nitrogen and oxygen atoms in total. The van der Waals surface area contributed by atoms with Crippen LogP contribution in [-0.2, 0) is 6.54 Å². The minimum Gasteiger partial charge on any atom is -0.346 e. The van der Waals surface area contributed by atoms with Crippen LogP contribution in [0, 0.1) is 6.92 Å². The molecule has 2 aromatic rings. The Labute approximate surface area is 126 Å². The van der Waals surface area contributed by atoms with Gasteiger partial charge in [0, 0.05) is 19.3 Å². The molecule has 1 saturated heterocycles. The number of carbonyl (C=O) groups is 1. The molecule has 8 heteroatoms. The summed E-state index contributed by atoms with van der Waals surface area (Å²) in [4.78, 5) is 23.5. The van der Waals surface area contributed by atoms with Gasteiger partial charge in [-0.1, -0.05) is 4.49 Å². The number of nitrogens with one attached hydrogen (secondary N) is 1. The summed E-state index contributed by atoms with van der Waals surface area (Å²) in [7, 11) is 0. The van der Waals surface area contributed by atoms with Crippen LogP contribution in [0.15, 0.2) is 12.3 Å². The lowest BCUT2D eigenvalue weighted by Crippen LogP contribution is -2.25. The van der Waals surface area contributed by atoms with Crippen LogP contribution in [0.2, 0.25) is 0 Å². The molecule has 3 rings (SSSR count). The average molecular weight is 304 g/mol. The molecular weight excluding hydrogens is 288 g/mol. The van der Waals surface area contributed by atoms with Crippen molar-refractivity contribution < 1.29 is 4.79 Å². The van der Waals surface area contributed by atoms with Gasteiger partial charge < -0.3 is 10.2 Å². The van der Waals surface area contributed by atoms with Gasteiger partial charge in [0.2, 0.25) is 5.95 Å². The maximum absolute atomic E-state index is 12.0. The van der Waals surface area contributed by atoms with Crippen molar-refractivity contribution in [3.63, 3.8) is 0 Å². The van der Waals surface area contributed by atoms with Gasteiger partial charge in [0.05, 0.1) is 17.9 Å². The van der Waals surface area contributed by atoms with E-state index in [9.17, 15) is 4.79 Å². The molecule has 0 bridgehead atoms. The van der Waals surface area contributed by atoms with Crippen molar-refractivity contribution >= 4 is 23.4 Å². The Balaban J connectivity index is 1.64. The molecule has 0 unspecified atom stereocenters. The quantitative estimate of drug-likeness (QED) is 0.912. The van der Waals surface area contributed by atoms with Gasteiger partial charge >= 0.3 is 0 Å². The molecule has 2 aromatic heterocycles. The van der Waals surface area contributed by atoms with E-state index in [1.807, 2.05) is 6.07 Å². The minimum atomic E-state index is -0.163. The Morgan fingerprint density at radius 2 is 2.24 bits per heavy atom. The highest BCUT2D eigenvalue weighted by molar-refractivity contribution is 7.07. The highest BCUT2D eigenvalue weighted by Gasteiger charge is 2.16. The predicted molar refractivity (Wildman–Crippen MR) is 79.3 cm³/mol. The van der Waals surface area contributed by atoms with E-state index in [0.717, 1.165) is 36.3 Å². The summed E-state index contributed by atoms with van der Waals surface area (Å²) in [6.07, 6.45) is 4.10. The molecule has 110 valence electrons. The molecule has 0 aromatic carbocycles. The molecule has 0 atom stereocenters. The lowest BCUT2D eigenvalue weighted by atomic mass is 10.3. The van der Waals surface area contributed by atoms with Gasteiger partial charge in [0.15, 0.2) is 0 Å². The van der Waals surface area contributed by atoms with Crippen molar-refractivity contribution in [2.75, 3.05) is 18.0 Å². The largest absolute Gasteiger partial charge is 0.346 e. The molecule has 3 heterocycles. The van der Waals surface area contributed by atoms with Gasteiger partial charge in [0.1, 0.15) is 4.88 Å². The van der Waals surface area contributed by atoms with Gasteiger partial charge in [-0.15, -0.1) is 5.10 Å². The van der Waals surface area contributed by atoms with Gasteiger partial charge in [-0.05, 0) is 37.4 Å². The molecular formula is C13H16N6OS. The molecule has 1 aliphatic rings. The van der Waals surface area contributed by atoms with E-state index in [1.165, 1.54) is 12.8 Å². The highest BCUT2D eigenvalue weighted by Crippen LogP contribution is 2.15. The molecule has 0 aliphatic carbocycles. The number of anilines is 1. The van der Waals surface area contributed by atoms with E-state index < -0.39 is 0 Å². The molecule has 21 heavy (non-hydrogen) atoms. The number of rotatable bonds is 4. The van der Waals surface area contributed by atoms with Crippen LogP contribution < -0.4 is 10.2 Å². The van der Waals surface area contributed by atoms with Crippen LogP contribution in [0.3, 0.4) is 0 Å². The molecule has 1 N–H and O–H groups in total. The first-order valence-corrected chi connectivity index (χ1v) is 7.65. The van der Waals surface area contributed by atoms with Gasteiger partial charge in [-0.3, -0.25) is 4.79 Å². The summed E-state index contributed by atoms with van der Waals surface area (Å²) in [5.41, 5.74) is 1.45. The summed E-state index contributed by atoms with van der Waals surface area (Å²) in [5.74, 6) is 0.582. The van der Waals surface area contributed by atoms with Crippen LogP contribution in [0.1, 0.15) is 33.9 Å². The van der Waals surface area contributed by atoms with Crippen molar-refractivity contribution in [2.24, 2.45) is 0 Å². The second-order valence-corrected chi connectivity index (χ2v) is 5.67. The minimum absolute atomic E-state index is 0.163. The fourth-order valence-electron chi connectivity index (χ4n) is 2.24. The molecule has 0 spiro atoms. The third kappa shape index (κ3) is 3.15. The fourth-order valence-corrected chi connectivity index (χ4v) is 2.82. The van der Waals surface area contributed by atoms with Crippen LogP contribution in [0.5, 0.6) is 0 Å². The van der Waals surface area contributed by atoms with Crippen LogP contribution in [0.4, 0.5) is 5.95 Å². The summed E-state index contributed by atoms with van der Waals surface area (Å²) < 4.78 is 3.76. The van der Waals surface area contributed by atoms with Crippen molar-refractivity contribution in [3.8, 4) is 0 Å². The molecule has 0 radical (unpaired) electrons. The van der Waals surface area contributed by atoms with E-state index in [1.54, 1.807) is 13.1 Å². The summed E-state index contributed by atoms with van der Waals surface area (Å²) in [6.45, 7) is 4.15. The third-order valence-corrected chi connectivity index (χ3v) is 4.20. The predicted octanol–water partition coefficient (Wildman–Crippen LogP) is 1.17. The van der Waals surface area contributed by atoms with E-state index in [-0.39, 0.29) is 5.91 Å². The number of aryl methyl sites for hydroxylation is 1. The zero-order valence-electron chi connectivity index (χ0n) is 11.7. The third-order valence-electron chi connectivity index (χ3n) is 3.38. The molecule has 1 aliphatic heterocycles.